The van der Waals surface area contributed by atoms with E-state index in [-0.39, 0.29) is 12.0 Å². The number of ether oxygens (including phenoxy) is 2. The van der Waals surface area contributed by atoms with Crippen molar-refractivity contribution in [2.45, 2.75) is 20.0 Å². The molecule has 0 aliphatic carbocycles. The minimum absolute atomic E-state index is 0.0584. The van der Waals surface area contributed by atoms with Gasteiger partial charge in [0.25, 0.3) is 5.91 Å². The molecule has 0 saturated carbocycles. The minimum Gasteiger partial charge on any atom is -0.493 e. The van der Waals surface area contributed by atoms with E-state index in [1.165, 1.54) is 0 Å². The summed E-state index contributed by atoms with van der Waals surface area (Å²) < 4.78 is 10.9. The number of pyridine rings is 1. The molecule has 23 heavy (non-hydrogen) atoms. The first-order valence-corrected chi connectivity index (χ1v) is 7.18. The van der Waals surface area contributed by atoms with Crippen LogP contribution < -0.4 is 14.9 Å². The minimum atomic E-state index is -0.296. The van der Waals surface area contributed by atoms with Gasteiger partial charge in [0.15, 0.2) is 11.5 Å². The van der Waals surface area contributed by atoms with Crippen LogP contribution in [0.4, 0.5) is 0 Å². The number of methoxy groups -OCH3 is 1. The molecule has 1 amide bonds. The number of benzene rings is 1. The van der Waals surface area contributed by atoms with Gasteiger partial charge in [-0.25, -0.2) is 5.43 Å². The molecule has 0 spiro atoms. The van der Waals surface area contributed by atoms with Crippen molar-refractivity contribution in [3.63, 3.8) is 0 Å². The van der Waals surface area contributed by atoms with Gasteiger partial charge in [0.05, 0.1) is 19.4 Å². The maximum atomic E-state index is 11.8. The van der Waals surface area contributed by atoms with E-state index >= 15 is 0 Å². The molecular weight excluding hydrogens is 294 g/mol. The van der Waals surface area contributed by atoms with E-state index in [2.05, 4.69) is 15.5 Å². The fourth-order valence-electron chi connectivity index (χ4n) is 1.85. The predicted octanol–water partition coefficient (Wildman–Crippen LogP) is 2.64. The molecule has 0 unspecified atom stereocenters. The van der Waals surface area contributed by atoms with Crippen LogP contribution in [0.15, 0.2) is 47.8 Å². The van der Waals surface area contributed by atoms with E-state index in [4.69, 9.17) is 9.47 Å². The van der Waals surface area contributed by atoms with E-state index in [0.717, 1.165) is 5.56 Å². The highest BCUT2D eigenvalue weighted by atomic mass is 16.5. The second-order valence-corrected chi connectivity index (χ2v) is 5.01. The normalized spacial score (nSPS) is 10.8. The first-order valence-electron chi connectivity index (χ1n) is 7.18. The Morgan fingerprint density at radius 1 is 1.22 bits per heavy atom. The van der Waals surface area contributed by atoms with Gasteiger partial charge in [0, 0.05) is 18.0 Å². The number of carbonyl (C=O) groups is 1. The second-order valence-electron chi connectivity index (χ2n) is 5.01. The summed E-state index contributed by atoms with van der Waals surface area (Å²) in [7, 11) is 1.58. The average Bonchev–Trinajstić information content (AvgIpc) is 2.56. The van der Waals surface area contributed by atoms with Crippen LogP contribution in [0.2, 0.25) is 0 Å². The molecule has 1 heterocycles. The summed E-state index contributed by atoms with van der Waals surface area (Å²) in [4.78, 5) is 15.7. The van der Waals surface area contributed by atoms with Crippen molar-refractivity contribution >= 4 is 12.1 Å². The molecule has 0 aliphatic rings. The standard InChI is InChI=1S/C17H19N3O3/c1-12(2)23-15-5-4-13(10-16(15)22-3)11-19-20-17(21)14-6-8-18-9-7-14/h4-12H,1-3H3,(H,20,21)/b19-11+. The first-order chi connectivity index (χ1) is 11.1. The van der Waals surface area contributed by atoms with Crippen LogP contribution in [-0.2, 0) is 0 Å². The Hall–Kier alpha value is -2.89. The number of nitrogens with one attached hydrogen (secondary N) is 1. The number of hydrazone groups is 1. The molecule has 1 aromatic carbocycles. The maximum absolute atomic E-state index is 11.8. The third-order valence-electron chi connectivity index (χ3n) is 2.87. The highest BCUT2D eigenvalue weighted by Crippen LogP contribution is 2.28. The number of amides is 1. The van der Waals surface area contributed by atoms with Crippen molar-refractivity contribution in [1.29, 1.82) is 0 Å². The van der Waals surface area contributed by atoms with Crippen molar-refractivity contribution in [3.05, 3.63) is 53.9 Å². The molecule has 1 aromatic heterocycles. The topological polar surface area (TPSA) is 72.8 Å². The quantitative estimate of drug-likeness (QED) is 0.657. The largest absolute Gasteiger partial charge is 0.493 e. The Morgan fingerprint density at radius 2 is 1.96 bits per heavy atom. The van der Waals surface area contributed by atoms with E-state index < -0.39 is 0 Å². The van der Waals surface area contributed by atoms with Gasteiger partial charge in [-0.1, -0.05) is 0 Å². The fraction of sp³-hybridized carbons (Fsp3) is 0.235. The van der Waals surface area contributed by atoms with Gasteiger partial charge in [-0.15, -0.1) is 0 Å². The molecule has 2 aromatic rings. The molecule has 6 heteroatoms. The first kappa shape index (κ1) is 16.5. The van der Waals surface area contributed by atoms with Crippen molar-refractivity contribution in [1.82, 2.24) is 10.4 Å². The predicted molar refractivity (Wildman–Crippen MR) is 88.1 cm³/mol. The third-order valence-corrected chi connectivity index (χ3v) is 2.87. The highest BCUT2D eigenvalue weighted by molar-refractivity contribution is 5.94. The second kappa shape index (κ2) is 7.93. The lowest BCUT2D eigenvalue weighted by atomic mass is 10.2. The zero-order valence-corrected chi connectivity index (χ0v) is 13.3. The van der Waals surface area contributed by atoms with Gasteiger partial charge in [-0.05, 0) is 49.7 Å². The highest BCUT2D eigenvalue weighted by Gasteiger charge is 2.07. The average molecular weight is 313 g/mol. The molecule has 0 radical (unpaired) electrons. The van der Waals surface area contributed by atoms with Crippen LogP contribution in [0.1, 0.15) is 29.8 Å². The van der Waals surface area contributed by atoms with Gasteiger partial charge >= 0.3 is 0 Å². The molecule has 6 nitrogen and oxygen atoms in total. The zero-order valence-electron chi connectivity index (χ0n) is 13.3. The van der Waals surface area contributed by atoms with Gasteiger partial charge < -0.3 is 9.47 Å². The van der Waals surface area contributed by atoms with Crippen molar-refractivity contribution in [2.24, 2.45) is 5.10 Å². The summed E-state index contributed by atoms with van der Waals surface area (Å²) in [5.74, 6) is 0.985. The molecule has 120 valence electrons. The Bertz CT molecular complexity index is 685. The maximum Gasteiger partial charge on any atom is 0.271 e. The van der Waals surface area contributed by atoms with E-state index in [0.29, 0.717) is 17.1 Å². The number of nitrogens with zero attached hydrogens (tertiary/aromatic N) is 2. The summed E-state index contributed by atoms with van der Waals surface area (Å²) >= 11 is 0. The zero-order chi connectivity index (χ0) is 16.7. The molecular formula is C17H19N3O3. The molecule has 0 atom stereocenters. The van der Waals surface area contributed by atoms with Crippen LogP contribution in [0.5, 0.6) is 11.5 Å². The van der Waals surface area contributed by atoms with Gasteiger partial charge in [0.2, 0.25) is 0 Å². The summed E-state index contributed by atoms with van der Waals surface area (Å²) in [6.45, 7) is 3.90. The Morgan fingerprint density at radius 3 is 2.61 bits per heavy atom. The van der Waals surface area contributed by atoms with Crippen LogP contribution in [0.25, 0.3) is 0 Å². The summed E-state index contributed by atoms with van der Waals surface area (Å²) in [6.07, 6.45) is 4.71. The molecule has 0 saturated heterocycles. The number of hydrogen-bond donors (Lipinski definition) is 1. The lowest BCUT2D eigenvalue weighted by Crippen LogP contribution is -2.17. The third kappa shape index (κ3) is 4.81. The smallest absolute Gasteiger partial charge is 0.271 e. The lowest BCUT2D eigenvalue weighted by Gasteiger charge is -2.13. The van der Waals surface area contributed by atoms with Crippen molar-refractivity contribution in [2.75, 3.05) is 7.11 Å². The summed E-state index contributed by atoms with van der Waals surface area (Å²) in [5.41, 5.74) is 3.74. The van der Waals surface area contributed by atoms with Crippen LogP contribution >= 0.6 is 0 Å². The summed E-state index contributed by atoms with van der Waals surface area (Å²) in [6, 6.07) is 8.67. The fourth-order valence-corrected chi connectivity index (χ4v) is 1.85. The molecule has 0 fully saturated rings. The van der Waals surface area contributed by atoms with Crippen LogP contribution in [0.3, 0.4) is 0 Å². The van der Waals surface area contributed by atoms with E-state index in [1.807, 2.05) is 26.0 Å². The number of hydrogen-bond acceptors (Lipinski definition) is 5. The SMILES string of the molecule is COc1cc(/C=N/NC(=O)c2ccncc2)ccc1OC(C)C. The molecule has 0 bridgehead atoms. The Balaban J connectivity index is 2.03. The van der Waals surface area contributed by atoms with Crippen LogP contribution in [0, 0.1) is 0 Å². The Labute approximate surface area is 135 Å². The van der Waals surface area contributed by atoms with Gasteiger partial charge in [0.1, 0.15) is 0 Å². The van der Waals surface area contributed by atoms with Crippen molar-refractivity contribution < 1.29 is 14.3 Å². The number of aromatic nitrogens is 1. The number of carbonyl (C=O) groups excluding carboxylic acids is 1. The molecule has 0 aliphatic heterocycles. The van der Waals surface area contributed by atoms with E-state index in [1.54, 1.807) is 43.9 Å². The Kier molecular flexibility index (Phi) is 5.68. The molecule has 1 N–H and O–H groups in total. The number of rotatable bonds is 6. The lowest BCUT2D eigenvalue weighted by molar-refractivity contribution is 0.0955. The van der Waals surface area contributed by atoms with Crippen LogP contribution in [-0.4, -0.2) is 30.3 Å². The van der Waals surface area contributed by atoms with Crippen molar-refractivity contribution in [3.8, 4) is 11.5 Å². The van der Waals surface area contributed by atoms with Gasteiger partial charge in [-0.2, -0.15) is 5.10 Å². The van der Waals surface area contributed by atoms with E-state index in [9.17, 15) is 4.79 Å². The van der Waals surface area contributed by atoms with Gasteiger partial charge in [-0.3, -0.25) is 9.78 Å². The molecule has 2 rings (SSSR count). The monoisotopic (exact) mass is 313 g/mol. The summed E-state index contributed by atoms with van der Waals surface area (Å²) in [5, 5.41) is 3.94.